The Labute approximate surface area is 122 Å². The number of hydrogen-bond donors (Lipinski definition) is 1. The number of nitrogens with zero attached hydrogens (tertiary/aromatic N) is 2. The average molecular weight is 313 g/mol. The van der Waals surface area contributed by atoms with Crippen LogP contribution in [0.1, 0.15) is 5.56 Å². The topological polar surface area (TPSA) is 54.9 Å². The molecule has 0 aliphatic carbocycles. The summed E-state index contributed by atoms with van der Waals surface area (Å²) >= 11 is 1.06. The van der Waals surface area contributed by atoms with Crippen LogP contribution in [0.5, 0.6) is 0 Å². The van der Waals surface area contributed by atoms with E-state index in [1.165, 1.54) is 12.3 Å². The van der Waals surface area contributed by atoms with E-state index < -0.39 is 11.7 Å². The number of hydrogen-bond acceptors (Lipinski definition) is 4. The minimum absolute atomic E-state index is 0.0489. The van der Waals surface area contributed by atoms with Crippen molar-refractivity contribution in [3.8, 4) is 0 Å². The second-order valence-corrected chi connectivity index (χ2v) is 4.96. The van der Waals surface area contributed by atoms with Crippen LogP contribution in [-0.2, 0) is 11.0 Å². The molecule has 0 radical (unpaired) electrons. The highest BCUT2D eigenvalue weighted by Crippen LogP contribution is 2.29. The molecule has 2 aromatic rings. The quantitative estimate of drug-likeness (QED) is 0.881. The first kappa shape index (κ1) is 15.3. The fourth-order valence-electron chi connectivity index (χ4n) is 1.41. The average Bonchev–Trinajstić information content (AvgIpc) is 2.46. The number of carbonyl (C=O) groups is 1. The third kappa shape index (κ3) is 4.75. The highest BCUT2D eigenvalue weighted by Gasteiger charge is 2.30. The van der Waals surface area contributed by atoms with Gasteiger partial charge in [-0.2, -0.15) is 13.2 Å². The summed E-state index contributed by atoms with van der Waals surface area (Å²) in [5, 5.41) is 2.97. The van der Waals surface area contributed by atoms with Gasteiger partial charge in [-0.25, -0.2) is 4.98 Å². The zero-order valence-corrected chi connectivity index (χ0v) is 11.4. The van der Waals surface area contributed by atoms with Gasteiger partial charge in [-0.3, -0.25) is 9.78 Å². The molecule has 2 aromatic heterocycles. The molecule has 4 nitrogen and oxygen atoms in total. The summed E-state index contributed by atoms with van der Waals surface area (Å²) in [7, 11) is 0. The largest absolute Gasteiger partial charge is 0.417 e. The minimum atomic E-state index is -4.41. The van der Waals surface area contributed by atoms with E-state index in [9.17, 15) is 18.0 Å². The van der Waals surface area contributed by atoms with Gasteiger partial charge in [0.05, 0.1) is 28.2 Å². The molecule has 0 saturated carbocycles. The fraction of sp³-hybridized carbons (Fsp3) is 0.154. The maximum atomic E-state index is 12.4. The lowest BCUT2D eigenvalue weighted by Crippen LogP contribution is -2.14. The van der Waals surface area contributed by atoms with E-state index in [0.717, 1.165) is 24.0 Å². The molecule has 0 fully saturated rings. The lowest BCUT2D eigenvalue weighted by atomic mass is 10.3. The standard InChI is InChI=1S/C13H10F3N3OS/c14-13(15,16)9-3-4-12(18-6-9)21-8-11(20)19-10-2-1-5-17-7-10/h1-7H,8H2,(H,19,20). The molecule has 1 N–H and O–H groups in total. The molecule has 2 rings (SSSR count). The van der Waals surface area contributed by atoms with Gasteiger partial charge in [-0.15, -0.1) is 0 Å². The molecule has 2 heterocycles. The molecule has 21 heavy (non-hydrogen) atoms. The first-order valence-corrected chi connectivity index (χ1v) is 6.79. The first-order valence-electron chi connectivity index (χ1n) is 5.81. The van der Waals surface area contributed by atoms with Crippen molar-refractivity contribution in [2.45, 2.75) is 11.2 Å². The summed E-state index contributed by atoms with van der Waals surface area (Å²) in [5.41, 5.74) is -0.255. The molecular weight excluding hydrogens is 303 g/mol. The van der Waals surface area contributed by atoms with Crippen LogP contribution in [0, 0.1) is 0 Å². The van der Waals surface area contributed by atoms with Gasteiger partial charge in [-0.05, 0) is 24.3 Å². The third-order valence-corrected chi connectivity index (χ3v) is 3.30. The Morgan fingerprint density at radius 3 is 2.62 bits per heavy atom. The Balaban J connectivity index is 1.87. The van der Waals surface area contributed by atoms with Gasteiger partial charge in [0.1, 0.15) is 0 Å². The van der Waals surface area contributed by atoms with Crippen LogP contribution in [0.25, 0.3) is 0 Å². The molecule has 0 aromatic carbocycles. The first-order chi connectivity index (χ1) is 9.95. The van der Waals surface area contributed by atoms with E-state index in [4.69, 9.17) is 0 Å². The molecule has 0 aliphatic rings. The Hall–Kier alpha value is -2.09. The molecule has 0 atom stereocenters. The van der Waals surface area contributed by atoms with Gasteiger partial charge in [-0.1, -0.05) is 11.8 Å². The Morgan fingerprint density at radius 1 is 1.24 bits per heavy atom. The van der Waals surface area contributed by atoms with Crippen molar-refractivity contribution < 1.29 is 18.0 Å². The summed E-state index contributed by atoms with van der Waals surface area (Å²) in [6.45, 7) is 0. The number of pyridine rings is 2. The van der Waals surface area contributed by atoms with Crippen LogP contribution in [0.4, 0.5) is 18.9 Å². The van der Waals surface area contributed by atoms with E-state index in [-0.39, 0.29) is 11.7 Å². The predicted molar refractivity (Wildman–Crippen MR) is 72.8 cm³/mol. The molecule has 8 heteroatoms. The zero-order valence-electron chi connectivity index (χ0n) is 10.6. The summed E-state index contributed by atoms with van der Waals surface area (Å²) in [6.07, 6.45) is -0.579. The molecular formula is C13H10F3N3OS. The maximum absolute atomic E-state index is 12.4. The van der Waals surface area contributed by atoms with Gasteiger partial charge < -0.3 is 5.32 Å². The SMILES string of the molecule is O=C(CSc1ccc(C(F)(F)F)cn1)Nc1cccnc1. The van der Waals surface area contributed by atoms with Crippen LogP contribution in [0.15, 0.2) is 47.9 Å². The molecule has 0 bridgehead atoms. The van der Waals surface area contributed by atoms with E-state index >= 15 is 0 Å². The number of alkyl halides is 3. The number of thioether (sulfide) groups is 1. The van der Waals surface area contributed by atoms with Crippen LogP contribution in [0.2, 0.25) is 0 Å². The van der Waals surface area contributed by atoms with Crippen molar-refractivity contribution in [1.29, 1.82) is 0 Å². The van der Waals surface area contributed by atoms with Crippen molar-refractivity contribution in [2.75, 3.05) is 11.1 Å². The van der Waals surface area contributed by atoms with Gasteiger partial charge in [0.2, 0.25) is 5.91 Å². The van der Waals surface area contributed by atoms with E-state index in [2.05, 4.69) is 15.3 Å². The van der Waals surface area contributed by atoms with E-state index in [1.54, 1.807) is 18.3 Å². The van der Waals surface area contributed by atoms with E-state index in [0.29, 0.717) is 10.7 Å². The van der Waals surface area contributed by atoms with Crippen LogP contribution >= 0.6 is 11.8 Å². The highest BCUT2D eigenvalue weighted by atomic mass is 32.2. The van der Waals surface area contributed by atoms with Crippen LogP contribution in [-0.4, -0.2) is 21.6 Å². The van der Waals surface area contributed by atoms with Gasteiger partial charge >= 0.3 is 6.18 Å². The molecule has 0 unspecified atom stereocenters. The van der Waals surface area contributed by atoms with Gasteiger partial charge in [0, 0.05) is 12.4 Å². The Kier molecular flexibility index (Phi) is 4.79. The Morgan fingerprint density at radius 2 is 2.05 bits per heavy atom. The van der Waals surface area contributed by atoms with Crippen molar-refractivity contribution >= 4 is 23.4 Å². The lowest BCUT2D eigenvalue weighted by molar-refractivity contribution is -0.137. The molecule has 0 aliphatic heterocycles. The summed E-state index contributed by atoms with van der Waals surface area (Å²) in [5.74, 6) is -0.234. The third-order valence-electron chi connectivity index (χ3n) is 2.36. The highest BCUT2D eigenvalue weighted by molar-refractivity contribution is 7.99. The fourth-order valence-corrected chi connectivity index (χ4v) is 2.05. The number of amides is 1. The molecule has 1 amide bonds. The van der Waals surface area contributed by atoms with Gasteiger partial charge in [0.25, 0.3) is 0 Å². The number of nitrogens with one attached hydrogen (secondary N) is 1. The zero-order chi connectivity index (χ0) is 15.3. The van der Waals surface area contributed by atoms with Crippen molar-refractivity contribution in [3.05, 3.63) is 48.4 Å². The van der Waals surface area contributed by atoms with Crippen molar-refractivity contribution in [3.63, 3.8) is 0 Å². The summed E-state index contributed by atoms with van der Waals surface area (Å²) < 4.78 is 37.1. The molecule has 110 valence electrons. The van der Waals surface area contributed by atoms with Crippen LogP contribution in [0.3, 0.4) is 0 Å². The molecule has 0 saturated heterocycles. The maximum Gasteiger partial charge on any atom is 0.417 e. The number of carbonyl (C=O) groups excluding carboxylic acids is 1. The summed E-state index contributed by atoms with van der Waals surface area (Å²) in [4.78, 5) is 19.2. The number of halogens is 3. The second kappa shape index (κ2) is 6.57. The lowest BCUT2D eigenvalue weighted by Gasteiger charge is -2.07. The number of aromatic nitrogens is 2. The predicted octanol–water partition coefficient (Wildman–Crippen LogP) is 3.23. The van der Waals surface area contributed by atoms with E-state index in [1.807, 2.05) is 0 Å². The normalized spacial score (nSPS) is 11.2. The number of anilines is 1. The van der Waals surface area contributed by atoms with Gasteiger partial charge in [0.15, 0.2) is 0 Å². The second-order valence-electron chi connectivity index (χ2n) is 3.96. The number of rotatable bonds is 4. The van der Waals surface area contributed by atoms with Crippen molar-refractivity contribution in [2.24, 2.45) is 0 Å². The van der Waals surface area contributed by atoms with Crippen LogP contribution < -0.4 is 5.32 Å². The Bertz CT molecular complexity index is 602. The smallest absolute Gasteiger partial charge is 0.324 e. The minimum Gasteiger partial charge on any atom is -0.324 e. The molecule has 0 spiro atoms. The monoisotopic (exact) mass is 313 g/mol. The van der Waals surface area contributed by atoms with Crippen molar-refractivity contribution in [1.82, 2.24) is 9.97 Å². The summed E-state index contributed by atoms with van der Waals surface area (Å²) in [6, 6.07) is 5.55.